The van der Waals surface area contributed by atoms with Crippen molar-refractivity contribution in [2.24, 2.45) is 0 Å². The van der Waals surface area contributed by atoms with Gasteiger partial charge in [-0.05, 0) is 51.5 Å². The van der Waals surface area contributed by atoms with Gasteiger partial charge in [0.2, 0.25) is 0 Å². The SMILES string of the molecule is CCCCCC(=O)CCCCCCC=CCCC=Cc1csc(C)n1. The van der Waals surface area contributed by atoms with Gasteiger partial charge in [0.1, 0.15) is 5.78 Å². The fraction of sp³-hybridized carbons (Fsp3) is 0.636. The Morgan fingerprint density at radius 2 is 1.64 bits per heavy atom. The lowest BCUT2D eigenvalue weighted by atomic mass is 10.0. The van der Waals surface area contributed by atoms with Gasteiger partial charge >= 0.3 is 0 Å². The second-order valence-corrected chi connectivity index (χ2v) is 7.75. The molecular weight excluding hydrogens is 326 g/mol. The Kier molecular flexibility index (Phi) is 13.2. The summed E-state index contributed by atoms with van der Waals surface area (Å²) in [6.07, 6.45) is 22.1. The number of aryl methyl sites for hydroxylation is 1. The Morgan fingerprint density at radius 3 is 2.36 bits per heavy atom. The van der Waals surface area contributed by atoms with E-state index in [0.717, 1.165) is 49.2 Å². The van der Waals surface area contributed by atoms with E-state index in [0.29, 0.717) is 5.78 Å². The van der Waals surface area contributed by atoms with Crippen molar-refractivity contribution in [3.05, 3.63) is 34.3 Å². The van der Waals surface area contributed by atoms with Gasteiger partial charge in [0.05, 0.1) is 10.7 Å². The number of Topliss-reactive ketones (excluding diaryl/α,β-unsaturated/α-hetero) is 1. The van der Waals surface area contributed by atoms with Crippen LogP contribution < -0.4 is 0 Å². The maximum atomic E-state index is 11.6. The molecule has 0 amide bonds. The number of hydrogen-bond acceptors (Lipinski definition) is 3. The van der Waals surface area contributed by atoms with Crippen LogP contribution in [0.15, 0.2) is 23.6 Å². The molecule has 1 rings (SSSR count). The summed E-state index contributed by atoms with van der Waals surface area (Å²) in [7, 11) is 0. The fourth-order valence-corrected chi connectivity index (χ4v) is 3.30. The molecule has 0 aliphatic rings. The molecular formula is C22H35NOS. The van der Waals surface area contributed by atoms with E-state index in [4.69, 9.17) is 0 Å². The van der Waals surface area contributed by atoms with Crippen LogP contribution in [-0.2, 0) is 4.79 Å². The Balaban J connectivity index is 1.88. The topological polar surface area (TPSA) is 30.0 Å². The Morgan fingerprint density at radius 1 is 0.960 bits per heavy atom. The van der Waals surface area contributed by atoms with Crippen LogP contribution in [0.3, 0.4) is 0 Å². The molecule has 0 radical (unpaired) electrons. The normalized spacial score (nSPS) is 11.8. The molecule has 1 heterocycles. The van der Waals surface area contributed by atoms with Crippen molar-refractivity contribution in [2.75, 3.05) is 0 Å². The smallest absolute Gasteiger partial charge is 0.132 e. The molecule has 0 spiro atoms. The number of aromatic nitrogens is 1. The van der Waals surface area contributed by atoms with Crippen LogP contribution in [0.5, 0.6) is 0 Å². The van der Waals surface area contributed by atoms with Gasteiger partial charge in [0, 0.05) is 18.2 Å². The monoisotopic (exact) mass is 361 g/mol. The number of carbonyl (C=O) groups is 1. The first-order valence-electron chi connectivity index (χ1n) is 9.97. The van der Waals surface area contributed by atoms with E-state index in [1.807, 2.05) is 6.92 Å². The van der Waals surface area contributed by atoms with Crippen LogP contribution in [0.2, 0.25) is 0 Å². The number of allylic oxidation sites excluding steroid dienone is 3. The lowest BCUT2D eigenvalue weighted by Crippen LogP contribution is -1.97. The minimum absolute atomic E-state index is 0.467. The summed E-state index contributed by atoms with van der Waals surface area (Å²) in [5, 5.41) is 3.22. The first-order valence-corrected chi connectivity index (χ1v) is 10.9. The third-order valence-electron chi connectivity index (χ3n) is 4.23. The zero-order valence-corrected chi connectivity index (χ0v) is 17.0. The van der Waals surface area contributed by atoms with E-state index < -0.39 is 0 Å². The van der Waals surface area contributed by atoms with Gasteiger partial charge in [-0.25, -0.2) is 4.98 Å². The average molecular weight is 362 g/mol. The van der Waals surface area contributed by atoms with Gasteiger partial charge in [-0.15, -0.1) is 11.3 Å². The second kappa shape index (κ2) is 15.1. The molecule has 0 aliphatic heterocycles. The molecule has 0 N–H and O–H groups in total. The van der Waals surface area contributed by atoms with Gasteiger partial charge in [0.15, 0.2) is 0 Å². The summed E-state index contributed by atoms with van der Waals surface area (Å²) in [5.41, 5.74) is 1.08. The number of unbranched alkanes of at least 4 members (excludes halogenated alkanes) is 7. The molecule has 0 fully saturated rings. The maximum Gasteiger partial charge on any atom is 0.132 e. The van der Waals surface area contributed by atoms with Crippen LogP contribution >= 0.6 is 11.3 Å². The summed E-state index contributed by atoms with van der Waals surface area (Å²) in [4.78, 5) is 16.1. The Hall–Kier alpha value is -1.22. The third kappa shape index (κ3) is 12.7. The highest BCUT2D eigenvalue weighted by Gasteiger charge is 2.00. The van der Waals surface area contributed by atoms with Crippen molar-refractivity contribution in [1.82, 2.24) is 4.98 Å². The Bertz CT molecular complexity index is 516. The zero-order chi connectivity index (χ0) is 18.2. The third-order valence-corrected chi connectivity index (χ3v) is 5.02. The average Bonchev–Trinajstić information content (AvgIpc) is 3.01. The molecule has 1 aromatic heterocycles. The predicted octanol–water partition coefficient (Wildman–Crippen LogP) is 7.29. The minimum Gasteiger partial charge on any atom is -0.300 e. The molecule has 1 aromatic rings. The molecule has 140 valence electrons. The lowest BCUT2D eigenvalue weighted by molar-refractivity contribution is -0.119. The van der Waals surface area contributed by atoms with Crippen molar-refractivity contribution in [2.45, 2.75) is 90.9 Å². The van der Waals surface area contributed by atoms with Gasteiger partial charge in [0.25, 0.3) is 0 Å². The van der Waals surface area contributed by atoms with Crippen LogP contribution in [0.1, 0.15) is 94.7 Å². The van der Waals surface area contributed by atoms with E-state index in [2.05, 4.69) is 41.6 Å². The maximum absolute atomic E-state index is 11.6. The van der Waals surface area contributed by atoms with E-state index in [9.17, 15) is 4.79 Å². The number of ketones is 1. The van der Waals surface area contributed by atoms with Crippen molar-refractivity contribution in [1.29, 1.82) is 0 Å². The highest BCUT2D eigenvalue weighted by Crippen LogP contribution is 2.11. The zero-order valence-electron chi connectivity index (χ0n) is 16.1. The van der Waals surface area contributed by atoms with E-state index in [1.54, 1.807) is 11.3 Å². The van der Waals surface area contributed by atoms with E-state index in [-0.39, 0.29) is 0 Å². The fourth-order valence-electron chi connectivity index (χ4n) is 2.72. The number of thiazole rings is 1. The lowest BCUT2D eigenvalue weighted by Gasteiger charge is -2.01. The predicted molar refractivity (Wildman–Crippen MR) is 111 cm³/mol. The molecule has 0 unspecified atom stereocenters. The second-order valence-electron chi connectivity index (χ2n) is 6.69. The number of nitrogens with zero attached hydrogens (tertiary/aromatic N) is 1. The van der Waals surface area contributed by atoms with Gasteiger partial charge in [-0.2, -0.15) is 0 Å². The molecule has 3 heteroatoms. The highest BCUT2D eigenvalue weighted by atomic mass is 32.1. The summed E-state index contributed by atoms with van der Waals surface area (Å²) < 4.78 is 0. The van der Waals surface area contributed by atoms with E-state index >= 15 is 0 Å². The standard InChI is InChI=1S/C22H35NOS/c1-3-4-13-17-22(24)18-15-12-10-8-6-5-7-9-11-14-16-21-19-25-20(2)23-21/h5,7,14,16,19H,3-4,6,8-13,15,17-18H2,1-2H3. The molecule has 0 saturated carbocycles. The molecule has 0 bridgehead atoms. The van der Waals surface area contributed by atoms with Gasteiger partial charge in [-0.3, -0.25) is 4.79 Å². The van der Waals surface area contributed by atoms with Gasteiger partial charge < -0.3 is 0 Å². The first kappa shape index (κ1) is 21.8. The van der Waals surface area contributed by atoms with Crippen molar-refractivity contribution < 1.29 is 4.79 Å². The largest absolute Gasteiger partial charge is 0.300 e. The number of carbonyl (C=O) groups excluding carboxylic acids is 1. The number of hydrogen-bond donors (Lipinski definition) is 0. The summed E-state index contributed by atoms with van der Waals surface area (Å²) in [6.45, 7) is 4.22. The van der Waals surface area contributed by atoms with Crippen LogP contribution in [0, 0.1) is 6.92 Å². The molecule has 0 atom stereocenters. The first-order chi connectivity index (χ1) is 12.2. The van der Waals surface area contributed by atoms with Crippen LogP contribution in [0.25, 0.3) is 6.08 Å². The molecule has 0 saturated heterocycles. The van der Waals surface area contributed by atoms with Crippen molar-refractivity contribution >= 4 is 23.2 Å². The molecule has 2 nitrogen and oxygen atoms in total. The van der Waals surface area contributed by atoms with Crippen LogP contribution in [-0.4, -0.2) is 10.8 Å². The summed E-state index contributed by atoms with van der Waals surface area (Å²) in [5.74, 6) is 0.467. The minimum atomic E-state index is 0.467. The van der Waals surface area contributed by atoms with Crippen molar-refractivity contribution in [3.63, 3.8) is 0 Å². The summed E-state index contributed by atoms with van der Waals surface area (Å²) >= 11 is 1.70. The van der Waals surface area contributed by atoms with E-state index in [1.165, 1.54) is 38.5 Å². The summed E-state index contributed by atoms with van der Waals surface area (Å²) in [6, 6.07) is 0. The van der Waals surface area contributed by atoms with Crippen LogP contribution in [0.4, 0.5) is 0 Å². The van der Waals surface area contributed by atoms with Gasteiger partial charge in [-0.1, -0.05) is 50.8 Å². The van der Waals surface area contributed by atoms with Crippen molar-refractivity contribution in [3.8, 4) is 0 Å². The molecule has 0 aromatic carbocycles. The number of rotatable bonds is 15. The quantitative estimate of drug-likeness (QED) is 0.242. The molecule has 0 aliphatic carbocycles. The molecule has 25 heavy (non-hydrogen) atoms. The highest BCUT2D eigenvalue weighted by molar-refractivity contribution is 7.09. The Labute approximate surface area is 158 Å².